The summed E-state index contributed by atoms with van der Waals surface area (Å²) in [4.78, 5) is 19.6. The Bertz CT molecular complexity index is 99.5. The lowest BCUT2D eigenvalue weighted by atomic mass is 10.4. The monoisotopic (exact) mass is 117 g/mol. The number of esters is 1. The predicted molar refractivity (Wildman–Crippen MR) is 25.8 cm³/mol. The van der Waals surface area contributed by atoms with Crippen molar-refractivity contribution in [2.45, 2.75) is 13.0 Å². The van der Waals surface area contributed by atoms with Gasteiger partial charge in [0.15, 0.2) is 0 Å². The Kier molecular flexibility index (Phi) is 2.79. The van der Waals surface area contributed by atoms with Crippen molar-refractivity contribution in [2.75, 3.05) is 0 Å². The van der Waals surface area contributed by atoms with Gasteiger partial charge in [0.2, 0.25) is 0 Å². The third kappa shape index (κ3) is 2.30. The van der Waals surface area contributed by atoms with E-state index in [0.29, 0.717) is 0 Å². The Labute approximate surface area is 46.6 Å². The second-order valence-corrected chi connectivity index (χ2v) is 1.32. The van der Waals surface area contributed by atoms with E-state index in [4.69, 9.17) is 5.73 Å². The second kappa shape index (κ2) is 3.15. The third-order valence-electron chi connectivity index (χ3n) is 0.536. The van der Waals surface area contributed by atoms with E-state index in [1.807, 2.05) is 0 Å². The maximum atomic E-state index is 10.2. The molecule has 0 aromatic rings. The number of carbonyl (C=O) groups is 2. The molecule has 2 N–H and O–H groups in total. The first-order valence-electron chi connectivity index (χ1n) is 2.08. The van der Waals surface area contributed by atoms with Gasteiger partial charge in [-0.15, -0.1) is 0 Å². The first-order valence-corrected chi connectivity index (χ1v) is 2.08. The van der Waals surface area contributed by atoms with Crippen molar-refractivity contribution in [2.24, 2.45) is 5.73 Å². The highest BCUT2D eigenvalue weighted by molar-refractivity contribution is 5.80. The largest absolute Gasteiger partial charge is 0.394 e. The molecule has 0 saturated heterocycles. The summed E-state index contributed by atoms with van der Waals surface area (Å²) in [7, 11) is 0. The fourth-order valence-electron chi connectivity index (χ4n) is 0.155. The first kappa shape index (κ1) is 7.10. The van der Waals surface area contributed by atoms with Crippen LogP contribution in [0.3, 0.4) is 0 Å². The molecule has 0 fully saturated rings. The molecule has 0 amide bonds. The molecule has 0 rings (SSSR count). The Hall–Kier alpha value is -0.900. The van der Waals surface area contributed by atoms with Crippen molar-refractivity contribution in [3.63, 3.8) is 0 Å². The van der Waals surface area contributed by atoms with Crippen LogP contribution in [0.1, 0.15) is 6.92 Å². The highest BCUT2D eigenvalue weighted by Crippen LogP contribution is 1.77. The molecule has 4 heteroatoms. The summed E-state index contributed by atoms with van der Waals surface area (Å²) in [5, 5.41) is 0. The molecular weight excluding hydrogens is 110 g/mol. The standard InChI is InChI=1S/C4H7NO3/c1-3(5)4(7)8-2-6/h2-3H,5H2,1H3. The topological polar surface area (TPSA) is 69.4 Å². The van der Waals surface area contributed by atoms with Crippen molar-refractivity contribution in [3.05, 3.63) is 0 Å². The second-order valence-electron chi connectivity index (χ2n) is 1.32. The molecule has 0 bridgehead atoms. The number of rotatable bonds is 2. The van der Waals surface area contributed by atoms with Crippen LogP contribution in [-0.2, 0) is 14.3 Å². The van der Waals surface area contributed by atoms with Crippen molar-refractivity contribution in [1.29, 1.82) is 0 Å². The molecule has 0 saturated carbocycles. The minimum absolute atomic E-state index is 0.0612. The molecule has 4 nitrogen and oxygen atoms in total. The molecule has 1 atom stereocenters. The number of nitrogens with two attached hydrogens (primary N) is 1. The van der Waals surface area contributed by atoms with Crippen LogP contribution in [0, 0.1) is 0 Å². The molecule has 0 aromatic carbocycles. The van der Waals surface area contributed by atoms with E-state index in [9.17, 15) is 9.59 Å². The highest BCUT2D eigenvalue weighted by atomic mass is 16.6. The summed E-state index contributed by atoms with van der Waals surface area (Å²) >= 11 is 0. The molecule has 8 heavy (non-hydrogen) atoms. The summed E-state index contributed by atoms with van der Waals surface area (Å²) in [5.41, 5.74) is 4.99. The minimum Gasteiger partial charge on any atom is -0.394 e. The maximum Gasteiger partial charge on any atom is 0.330 e. The van der Waals surface area contributed by atoms with Gasteiger partial charge in [-0.3, -0.25) is 4.79 Å². The Morgan fingerprint density at radius 2 is 2.38 bits per heavy atom. The van der Waals surface area contributed by atoms with Crippen LogP contribution in [0.4, 0.5) is 0 Å². The van der Waals surface area contributed by atoms with Crippen LogP contribution in [0.25, 0.3) is 0 Å². The molecule has 46 valence electrons. The smallest absolute Gasteiger partial charge is 0.330 e. The number of ether oxygens (including phenoxy) is 1. The van der Waals surface area contributed by atoms with E-state index in [2.05, 4.69) is 4.74 Å². The Morgan fingerprint density at radius 3 is 2.50 bits per heavy atom. The molecule has 0 radical (unpaired) electrons. The molecule has 0 heterocycles. The van der Waals surface area contributed by atoms with Gasteiger partial charge in [-0.05, 0) is 6.92 Å². The van der Waals surface area contributed by atoms with Crippen molar-refractivity contribution < 1.29 is 14.3 Å². The van der Waals surface area contributed by atoms with E-state index in [1.54, 1.807) is 0 Å². The molecule has 0 aliphatic rings. The van der Waals surface area contributed by atoms with E-state index < -0.39 is 12.0 Å². The van der Waals surface area contributed by atoms with Crippen LogP contribution in [0.5, 0.6) is 0 Å². The zero-order valence-electron chi connectivity index (χ0n) is 4.46. The third-order valence-corrected chi connectivity index (χ3v) is 0.536. The zero-order valence-corrected chi connectivity index (χ0v) is 4.46. The van der Waals surface area contributed by atoms with Crippen LogP contribution < -0.4 is 5.73 Å². The SMILES string of the molecule is CC(N)C(=O)OC=O. The van der Waals surface area contributed by atoms with E-state index >= 15 is 0 Å². The lowest BCUT2D eigenvalue weighted by molar-refractivity contribution is -0.152. The van der Waals surface area contributed by atoms with Gasteiger partial charge in [-0.1, -0.05) is 0 Å². The van der Waals surface area contributed by atoms with Gasteiger partial charge in [-0.2, -0.15) is 0 Å². The number of hydrogen-bond donors (Lipinski definition) is 1. The normalized spacial score (nSPS) is 12.2. The van der Waals surface area contributed by atoms with Crippen molar-refractivity contribution in [3.8, 4) is 0 Å². The Morgan fingerprint density at radius 1 is 1.88 bits per heavy atom. The summed E-state index contributed by atoms with van der Waals surface area (Å²) in [6.07, 6.45) is 0. The van der Waals surface area contributed by atoms with Gasteiger partial charge >= 0.3 is 12.4 Å². The predicted octanol–water partition coefficient (Wildman–Crippen LogP) is -0.967. The summed E-state index contributed by atoms with van der Waals surface area (Å²) < 4.78 is 3.86. The number of hydrogen-bond acceptors (Lipinski definition) is 4. The van der Waals surface area contributed by atoms with Gasteiger partial charge in [-0.25, -0.2) is 4.79 Å². The maximum absolute atomic E-state index is 10.2. The summed E-state index contributed by atoms with van der Waals surface area (Å²) in [5.74, 6) is -0.708. The highest BCUT2D eigenvalue weighted by Gasteiger charge is 2.06. The fraction of sp³-hybridized carbons (Fsp3) is 0.500. The van der Waals surface area contributed by atoms with Gasteiger partial charge in [0, 0.05) is 0 Å². The fourth-order valence-corrected chi connectivity index (χ4v) is 0.155. The van der Waals surface area contributed by atoms with Crippen LogP contribution in [-0.4, -0.2) is 18.5 Å². The molecule has 1 unspecified atom stereocenters. The molecule has 0 aliphatic carbocycles. The van der Waals surface area contributed by atoms with Crippen molar-refractivity contribution in [1.82, 2.24) is 0 Å². The van der Waals surface area contributed by atoms with Crippen LogP contribution in [0.2, 0.25) is 0 Å². The van der Waals surface area contributed by atoms with Gasteiger partial charge < -0.3 is 10.5 Å². The zero-order chi connectivity index (χ0) is 6.57. The Balaban J connectivity index is 3.48. The van der Waals surface area contributed by atoms with E-state index in [0.717, 1.165) is 0 Å². The van der Waals surface area contributed by atoms with Gasteiger partial charge in [0.1, 0.15) is 6.04 Å². The average molecular weight is 117 g/mol. The van der Waals surface area contributed by atoms with E-state index in [1.165, 1.54) is 6.92 Å². The lowest BCUT2D eigenvalue weighted by Crippen LogP contribution is -2.28. The van der Waals surface area contributed by atoms with Crippen molar-refractivity contribution >= 4 is 12.4 Å². The molecular formula is C4H7NO3. The first-order chi connectivity index (χ1) is 3.68. The van der Waals surface area contributed by atoms with Gasteiger partial charge in [0.25, 0.3) is 0 Å². The molecule has 0 aromatic heterocycles. The molecule has 0 spiro atoms. The van der Waals surface area contributed by atoms with Crippen LogP contribution in [0.15, 0.2) is 0 Å². The minimum atomic E-state index is -0.722. The molecule has 0 aliphatic heterocycles. The average Bonchev–Trinajstić information content (AvgIpc) is 1.67. The summed E-state index contributed by atoms with van der Waals surface area (Å²) in [6, 6.07) is -0.722. The van der Waals surface area contributed by atoms with Gasteiger partial charge in [0.05, 0.1) is 0 Å². The number of carbonyl (C=O) groups excluding carboxylic acids is 2. The summed E-state index contributed by atoms with van der Waals surface area (Å²) in [6.45, 7) is 1.50. The quantitative estimate of drug-likeness (QED) is 0.287. The van der Waals surface area contributed by atoms with Crippen LogP contribution >= 0.6 is 0 Å². The lowest BCUT2D eigenvalue weighted by Gasteiger charge is -1.96. The van der Waals surface area contributed by atoms with E-state index in [-0.39, 0.29) is 6.47 Å².